The fraction of sp³-hybridized carbons (Fsp3) is 0.385. The number of fused-ring (bicyclic) bond motifs is 1. The van der Waals surface area contributed by atoms with Gasteiger partial charge in [-0.25, -0.2) is 4.79 Å². The number of aromatic nitrogens is 1. The summed E-state index contributed by atoms with van der Waals surface area (Å²) >= 11 is 4.94. The second-order valence-corrected chi connectivity index (χ2v) is 10.1. The van der Waals surface area contributed by atoms with Gasteiger partial charge in [0.1, 0.15) is 11.3 Å². The zero-order chi connectivity index (χ0) is 24.5. The maximum Gasteiger partial charge on any atom is 0.410 e. The third-order valence-electron chi connectivity index (χ3n) is 5.96. The van der Waals surface area contributed by atoms with Crippen molar-refractivity contribution in [2.24, 2.45) is 5.73 Å². The first-order chi connectivity index (χ1) is 16.1. The molecule has 7 nitrogen and oxygen atoms in total. The number of H-pyrrole nitrogens is 1. The molecule has 0 radical (unpaired) electrons. The lowest BCUT2D eigenvalue weighted by Crippen LogP contribution is -2.39. The van der Waals surface area contributed by atoms with Gasteiger partial charge in [-0.2, -0.15) is 12.6 Å². The van der Waals surface area contributed by atoms with Gasteiger partial charge >= 0.3 is 6.09 Å². The maximum atomic E-state index is 12.5. The third-order valence-corrected chi connectivity index (χ3v) is 6.58. The van der Waals surface area contributed by atoms with Crippen LogP contribution in [0.2, 0.25) is 0 Å². The number of rotatable bonds is 4. The molecule has 2 aromatic carbocycles. The van der Waals surface area contributed by atoms with Crippen LogP contribution in [0.25, 0.3) is 22.0 Å². The molecule has 1 aliphatic heterocycles. The molecule has 3 N–H and O–H groups in total. The van der Waals surface area contributed by atoms with Gasteiger partial charge in [-0.05, 0) is 50.5 Å². The summed E-state index contributed by atoms with van der Waals surface area (Å²) in [6.07, 6.45) is 0.564. The van der Waals surface area contributed by atoms with Crippen LogP contribution in [0.4, 0.5) is 4.79 Å². The van der Waals surface area contributed by atoms with E-state index in [1.807, 2.05) is 63.2 Å². The number of ether oxygens (including phenoxy) is 1. The summed E-state index contributed by atoms with van der Waals surface area (Å²) in [4.78, 5) is 31.9. The van der Waals surface area contributed by atoms with E-state index in [-0.39, 0.29) is 11.5 Å². The SMILES string of the molecule is CC(C)(C)OC(=O)N1CCCN(C(S)c2ccc3[nH]c(C(N)=O)c(-c4ccccc4)c3c2)CC1. The molecule has 1 atom stereocenters. The van der Waals surface area contributed by atoms with Crippen LogP contribution in [0.3, 0.4) is 0 Å². The first-order valence-corrected chi connectivity index (χ1v) is 12.1. The molecule has 0 bridgehead atoms. The van der Waals surface area contributed by atoms with Gasteiger partial charge in [-0.3, -0.25) is 9.69 Å². The molecular formula is C26H32N4O3S. The van der Waals surface area contributed by atoms with Crippen LogP contribution in [0, 0.1) is 0 Å². The normalized spacial score (nSPS) is 16.3. The lowest BCUT2D eigenvalue weighted by Gasteiger charge is -2.28. The molecule has 1 saturated heterocycles. The van der Waals surface area contributed by atoms with Crippen LogP contribution in [0.1, 0.15) is 48.6 Å². The molecule has 180 valence electrons. The highest BCUT2D eigenvalue weighted by Crippen LogP contribution is 2.36. The van der Waals surface area contributed by atoms with Crippen molar-refractivity contribution in [2.75, 3.05) is 26.2 Å². The average molecular weight is 481 g/mol. The highest BCUT2D eigenvalue weighted by atomic mass is 32.1. The summed E-state index contributed by atoms with van der Waals surface area (Å²) in [5.41, 5.74) is 9.18. The highest BCUT2D eigenvalue weighted by molar-refractivity contribution is 7.80. The monoisotopic (exact) mass is 480 g/mol. The van der Waals surface area contributed by atoms with E-state index in [0.717, 1.165) is 40.6 Å². The average Bonchev–Trinajstić information content (AvgIpc) is 2.99. The lowest BCUT2D eigenvalue weighted by atomic mass is 10.00. The van der Waals surface area contributed by atoms with Crippen molar-refractivity contribution in [3.05, 3.63) is 59.8 Å². The number of hydrogen-bond donors (Lipinski definition) is 3. The number of nitrogens with two attached hydrogens (primary N) is 1. The number of thiol groups is 1. The number of nitrogens with zero attached hydrogens (tertiary/aromatic N) is 2. The number of nitrogens with one attached hydrogen (secondary N) is 1. The van der Waals surface area contributed by atoms with Gasteiger partial charge < -0.3 is 20.4 Å². The van der Waals surface area contributed by atoms with Gasteiger partial charge in [-0.1, -0.05) is 36.4 Å². The van der Waals surface area contributed by atoms with Crippen LogP contribution < -0.4 is 5.73 Å². The topological polar surface area (TPSA) is 91.7 Å². The van der Waals surface area contributed by atoms with E-state index in [4.69, 9.17) is 23.1 Å². The number of amides is 2. The Hall–Kier alpha value is -2.97. The van der Waals surface area contributed by atoms with Gasteiger partial charge in [0.25, 0.3) is 5.91 Å². The third kappa shape index (κ3) is 5.23. The van der Waals surface area contributed by atoms with Crippen molar-refractivity contribution in [3.63, 3.8) is 0 Å². The second-order valence-electron chi connectivity index (χ2n) is 9.64. The number of hydrogen-bond acceptors (Lipinski definition) is 5. The Morgan fingerprint density at radius 1 is 1.06 bits per heavy atom. The summed E-state index contributed by atoms with van der Waals surface area (Å²) in [5.74, 6) is -0.492. The quantitative estimate of drug-likeness (QED) is 0.468. The summed E-state index contributed by atoms with van der Waals surface area (Å²) in [6.45, 7) is 8.38. The molecular weight excluding hydrogens is 448 g/mol. The molecule has 4 rings (SSSR count). The highest BCUT2D eigenvalue weighted by Gasteiger charge is 2.27. The van der Waals surface area contributed by atoms with Gasteiger partial charge in [0.15, 0.2) is 0 Å². The standard InChI is InChI=1S/C26H32N4O3S/c1-26(2,3)33-25(32)30-13-7-12-29(14-15-30)24(34)18-10-11-20-19(16-18)21(22(28-20)23(27)31)17-8-5-4-6-9-17/h4-6,8-11,16,24,28,34H,7,12-15H2,1-3H3,(H2,27,31). The molecule has 3 aromatic rings. The number of carbonyl (C=O) groups excluding carboxylic acids is 2. The van der Waals surface area contributed by atoms with Crippen molar-refractivity contribution in [2.45, 2.75) is 38.2 Å². The number of primary amides is 1. The van der Waals surface area contributed by atoms with Gasteiger partial charge in [0, 0.05) is 42.6 Å². The van der Waals surface area contributed by atoms with E-state index in [9.17, 15) is 9.59 Å². The van der Waals surface area contributed by atoms with E-state index < -0.39 is 11.5 Å². The van der Waals surface area contributed by atoms with E-state index in [0.29, 0.717) is 25.3 Å². The molecule has 0 aliphatic carbocycles. The Kier molecular flexibility index (Phi) is 6.91. The Bertz CT molecular complexity index is 1190. The van der Waals surface area contributed by atoms with Crippen LogP contribution in [-0.2, 0) is 4.74 Å². The molecule has 34 heavy (non-hydrogen) atoms. The van der Waals surface area contributed by atoms with Gasteiger partial charge in [0.2, 0.25) is 0 Å². The fourth-order valence-corrected chi connectivity index (χ4v) is 4.75. The van der Waals surface area contributed by atoms with E-state index in [2.05, 4.69) is 16.0 Å². The largest absolute Gasteiger partial charge is 0.444 e. The Morgan fingerprint density at radius 3 is 2.47 bits per heavy atom. The minimum Gasteiger partial charge on any atom is -0.444 e. The smallest absolute Gasteiger partial charge is 0.410 e. The van der Waals surface area contributed by atoms with Crippen molar-refractivity contribution < 1.29 is 14.3 Å². The van der Waals surface area contributed by atoms with Crippen LogP contribution in [0.5, 0.6) is 0 Å². The molecule has 1 aliphatic rings. The number of aromatic amines is 1. The molecule has 2 amide bonds. The molecule has 8 heteroatoms. The van der Waals surface area contributed by atoms with Gasteiger partial charge in [0.05, 0.1) is 5.37 Å². The van der Waals surface area contributed by atoms with E-state index >= 15 is 0 Å². The first-order valence-electron chi connectivity index (χ1n) is 11.5. The molecule has 1 aromatic heterocycles. The summed E-state index contributed by atoms with van der Waals surface area (Å²) in [7, 11) is 0. The lowest BCUT2D eigenvalue weighted by molar-refractivity contribution is 0.0257. The van der Waals surface area contributed by atoms with Gasteiger partial charge in [-0.15, -0.1) is 0 Å². The minimum absolute atomic E-state index is 0.154. The van der Waals surface area contributed by atoms with Crippen molar-refractivity contribution >= 4 is 35.5 Å². The van der Waals surface area contributed by atoms with E-state index in [1.54, 1.807) is 4.90 Å². The maximum absolute atomic E-state index is 12.5. The van der Waals surface area contributed by atoms with Crippen molar-refractivity contribution in [1.82, 2.24) is 14.8 Å². The first kappa shape index (κ1) is 24.2. The summed E-state index contributed by atoms with van der Waals surface area (Å²) < 4.78 is 5.55. The molecule has 1 fully saturated rings. The predicted octanol–water partition coefficient (Wildman–Crippen LogP) is 4.81. The zero-order valence-electron chi connectivity index (χ0n) is 19.9. The summed E-state index contributed by atoms with van der Waals surface area (Å²) in [6, 6.07) is 15.8. The Balaban J connectivity index is 1.59. The predicted molar refractivity (Wildman–Crippen MR) is 138 cm³/mol. The molecule has 0 saturated carbocycles. The number of benzene rings is 2. The number of carbonyl (C=O) groups is 2. The van der Waals surface area contributed by atoms with Crippen LogP contribution in [0.15, 0.2) is 48.5 Å². The van der Waals surface area contributed by atoms with Crippen molar-refractivity contribution in [3.8, 4) is 11.1 Å². The van der Waals surface area contributed by atoms with Crippen LogP contribution >= 0.6 is 12.6 Å². The minimum atomic E-state index is -0.513. The van der Waals surface area contributed by atoms with Crippen molar-refractivity contribution in [1.29, 1.82) is 0 Å². The Morgan fingerprint density at radius 2 is 1.79 bits per heavy atom. The Labute approximate surface area is 205 Å². The zero-order valence-corrected chi connectivity index (χ0v) is 20.8. The fourth-order valence-electron chi connectivity index (χ4n) is 4.36. The summed E-state index contributed by atoms with van der Waals surface area (Å²) in [5, 5.41) is 0.778. The van der Waals surface area contributed by atoms with Crippen LogP contribution in [-0.4, -0.2) is 58.6 Å². The molecule has 0 spiro atoms. The molecule has 2 heterocycles. The molecule has 1 unspecified atom stereocenters. The van der Waals surface area contributed by atoms with E-state index in [1.165, 1.54) is 0 Å². The second kappa shape index (κ2) is 9.72.